The van der Waals surface area contributed by atoms with Gasteiger partial charge in [0.05, 0.1) is 13.0 Å². The number of nitrogens with zero attached hydrogens (tertiary/aromatic N) is 2. The summed E-state index contributed by atoms with van der Waals surface area (Å²) >= 11 is 0. The minimum atomic E-state index is -0.782. The summed E-state index contributed by atoms with van der Waals surface area (Å²) < 4.78 is 4.73. The molecule has 2 saturated heterocycles. The number of piperidine rings is 1. The van der Waals surface area contributed by atoms with Gasteiger partial charge in [-0.1, -0.05) is 12.8 Å². The van der Waals surface area contributed by atoms with E-state index in [0.29, 0.717) is 38.8 Å². The Hall–Kier alpha value is -2.12. The van der Waals surface area contributed by atoms with E-state index in [4.69, 9.17) is 4.74 Å². The molecule has 1 spiro atoms. The molecule has 3 fully saturated rings. The highest BCUT2D eigenvalue weighted by Gasteiger charge is 2.52. The molecule has 1 N–H and O–H groups in total. The second-order valence-corrected chi connectivity index (χ2v) is 6.79. The number of carbonyl (C=O) groups is 4. The van der Waals surface area contributed by atoms with E-state index in [0.717, 1.165) is 17.7 Å². The van der Waals surface area contributed by atoms with Crippen molar-refractivity contribution >= 4 is 23.8 Å². The fraction of sp³-hybridized carbons (Fsp3) is 0.750. The SMILES string of the molecule is COC(=O)C1CCN(C(=O)CN2C(=O)NC3(CCCC3)C2=O)CC1. The standard InChI is InChI=1S/C16H23N3O5/c1-24-13(21)11-4-8-18(9-5-11)12(20)10-19-14(22)16(17-15(19)23)6-2-3-7-16/h11H,2-10H2,1H3,(H,17,23). The van der Waals surface area contributed by atoms with Crippen molar-refractivity contribution < 1.29 is 23.9 Å². The number of carbonyl (C=O) groups excluding carboxylic acids is 4. The van der Waals surface area contributed by atoms with Crippen LogP contribution in [0.3, 0.4) is 0 Å². The first kappa shape index (κ1) is 16.7. The maximum absolute atomic E-state index is 12.5. The van der Waals surface area contributed by atoms with Crippen molar-refractivity contribution in [3.63, 3.8) is 0 Å². The maximum Gasteiger partial charge on any atom is 0.325 e. The summed E-state index contributed by atoms with van der Waals surface area (Å²) in [5.41, 5.74) is -0.782. The number of ether oxygens (including phenoxy) is 1. The lowest BCUT2D eigenvalue weighted by Gasteiger charge is -2.31. The zero-order valence-corrected chi connectivity index (χ0v) is 13.9. The molecule has 0 unspecified atom stereocenters. The minimum Gasteiger partial charge on any atom is -0.469 e. The molecule has 0 aromatic heterocycles. The Morgan fingerprint density at radius 2 is 1.83 bits per heavy atom. The van der Waals surface area contributed by atoms with Crippen LogP contribution in [0.2, 0.25) is 0 Å². The van der Waals surface area contributed by atoms with Crippen LogP contribution in [0.25, 0.3) is 0 Å². The number of urea groups is 1. The van der Waals surface area contributed by atoms with Gasteiger partial charge in [-0.2, -0.15) is 0 Å². The first-order valence-corrected chi connectivity index (χ1v) is 8.46. The normalized spacial score (nSPS) is 23.7. The highest BCUT2D eigenvalue weighted by atomic mass is 16.5. The summed E-state index contributed by atoms with van der Waals surface area (Å²) in [4.78, 5) is 51.3. The summed E-state index contributed by atoms with van der Waals surface area (Å²) in [5.74, 6) is -0.962. The molecule has 4 amide bonds. The fourth-order valence-electron chi connectivity index (χ4n) is 3.90. The number of esters is 1. The Morgan fingerprint density at radius 1 is 1.21 bits per heavy atom. The molecule has 0 aromatic rings. The van der Waals surface area contributed by atoms with Gasteiger partial charge in [0.2, 0.25) is 5.91 Å². The minimum absolute atomic E-state index is 0.183. The van der Waals surface area contributed by atoms with Crippen molar-refractivity contribution in [1.82, 2.24) is 15.1 Å². The lowest BCUT2D eigenvalue weighted by atomic mass is 9.97. The van der Waals surface area contributed by atoms with E-state index in [1.807, 2.05) is 0 Å². The third-order valence-corrected chi connectivity index (χ3v) is 5.38. The topological polar surface area (TPSA) is 96.0 Å². The van der Waals surface area contributed by atoms with Crippen molar-refractivity contribution in [2.75, 3.05) is 26.7 Å². The zero-order valence-electron chi connectivity index (χ0n) is 13.9. The Labute approximate surface area is 140 Å². The van der Waals surface area contributed by atoms with Crippen LogP contribution in [0.5, 0.6) is 0 Å². The van der Waals surface area contributed by atoms with Gasteiger partial charge in [-0.3, -0.25) is 19.3 Å². The van der Waals surface area contributed by atoms with Crippen LogP contribution in [0.15, 0.2) is 0 Å². The number of amides is 4. The Balaban J connectivity index is 1.57. The number of rotatable bonds is 3. The number of hydrogen-bond donors (Lipinski definition) is 1. The van der Waals surface area contributed by atoms with E-state index in [-0.39, 0.29) is 30.2 Å². The predicted molar refractivity (Wildman–Crippen MR) is 82.8 cm³/mol. The molecule has 3 rings (SSSR count). The van der Waals surface area contributed by atoms with Crippen LogP contribution in [0.1, 0.15) is 38.5 Å². The van der Waals surface area contributed by atoms with Crippen molar-refractivity contribution in [3.8, 4) is 0 Å². The van der Waals surface area contributed by atoms with Gasteiger partial charge in [-0.25, -0.2) is 4.79 Å². The zero-order chi connectivity index (χ0) is 17.3. The molecule has 0 aromatic carbocycles. The molecule has 3 aliphatic rings. The molecule has 0 atom stereocenters. The van der Waals surface area contributed by atoms with Gasteiger partial charge in [-0.05, 0) is 25.7 Å². The van der Waals surface area contributed by atoms with Gasteiger partial charge in [0.15, 0.2) is 0 Å². The molecule has 8 nitrogen and oxygen atoms in total. The fourth-order valence-corrected chi connectivity index (χ4v) is 3.90. The van der Waals surface area contributed by atoms with Gasteiger partial charge in [0, 0.05) is 13.1 Å². The average Bonchev–Trinajstić information content (AvgIpc) is 3.15. The maximum atomic E-state index is 12.5. The van der Waals surface area contributed by atoms with Crippen LogP contribution in [0, 0.1) is 5.92 Å². The lowest BCUT2D eigenvalue weighted by Crippen LogP contribution is -2.48. The van der Waals surface area contributed by atoms with Crippen molar-refractivity contribution in [3.05, 3.63) is 0 Å². The third-order valence-electron chi connectivity index (χ3n) is 5.38. The summed E-state index contributed by atoms with van der Waals surface area (Å²) in [5, 5.41) is 2.77. The number of methoxy groups -OCH3 is 1. The Bertz CT molecular complexity index is 562. The van der Waals surface area contributed by atoms with Gasteiger partial charge in [0.1, 0.15) is 12.1 Å². The molecule has 2 aliphatic heterocycles. The van der Waals surface area contributed by atoms with E-state index in [1.54, 1.807) is 4.90 Å². The van der Waals surface area contributed by atoms with E-state index in [9.17, 15) is 19.2 Å². The number of nitrogens with one attached hydrogen (secondary N) is 1. The van der Waals surface area contributed by atoms with Crippen LogP contribution >= 0.6 is 0 Å². The van der Waals surface area contributed by atoms with E-state index < -0.39 is 11.6 Å². The van der Waals surface area contributed by atoms with E-state index >= 15 is 0 Å². The molecule has 2 heterocycles. The van der Waals surface area contributed by atoms with Crippen LogP contribution in [-0.2, 0) is 19.1 Å². The second-order valence-electron chi connectivity index (χ2n) is 6.79. The largest absolute Gasteiger partial charge is 0.469 e. The third kappa shape index (κ3) is 2.85. The number of hydrogen-bond acceptors (Lipinski definition) is 5. The van der Waals surface area contributed by atoms with Gasteiger partial charge in [-0.15, -0.1) is 0 Å². The van der Waals surface area contributed by atoms with Crippen molar-refractivity contribution in [2.45, 2.75) is 44.1 Å². The molecule has 132 valence electrons. The predicted octanol–water partition coefficient (Wildman–Crippen LogP) is 0.263. The average molecular weight is 337 g/mol. The molecular weight excluding hydrogens is 314 g/mol. The smallest absolute Gasteiger partial charge is 0.325 e. The van der Waals surface area contributed by atoms with Gasteiger partial charge >= 0.3 is 12.0 Å². The molecule has 8 heteroatoms. The lowest BCUT2D eigenvalue weighted by molar-refractivity contribution is -0.149. The van der Waals surface area contributed by atoms with E-state index in [1.165, 1.54) is 7.11 Å². The summed E-state index contributed by atoms with van der Waals surface area (Å²) in [7, 11) is 1.36. The van der Waals surface area contributed by atoms with E-state index in [2.05, 4.69) is 5.32 Å². The molecular formula is C16H23N3O5. The van der Waals surface area contributed by atoms with Crippen LogP contribution < -0.4 is 5.32 Å². The summed E-state index contributed by atoms with van der Waals surface area (Å²) in [6, 6.07) is -0.473. The first-order chi connectivity index (χ1) is 11.5. The Morgan fingerprint density at radius 3 is 2.42 bits per heavy atom. The molecule has 0 radical (unpaired) electrons. The summed E-state index contributed by atoms with van der Waals surface area (Å²) in [6.07, 6.45) is 4.20. The summed E-state index contributed by atoms with van der Waals surface area (Å²) in [6.45, 7) is 0.649. The molecule has 1 saturated carbocycles. The highest BCUT2D eigenvalue weighted by molar-refractivity contribution is 6.09. The molecule has 1 aliphatic carbocycles. The second kappa shape index (κ2) is 6.41. The molecule has 0 bridgehead atoms. The van der Waals surface area contributed by atoms with Crippen molar-refractivity contribution in [1.29, 1.82) is 0 Å². The van der Waals surface area contributed by atoms with Crippen LogP contribution in [-0.4, -0.2) is 65.9 Å². The number of imide groups is 1. The quantitative estimate of drug-likeness (QED) is 0.589. The Kier molecular flexibility index (Phi) is 4.47. The van der Waals surface area contributed by atoms with Crippen LogP contribution in [0.4, 0.5) is 4.79 Å². The van der Waals surface area contributed by atoms with Gasteiger partial charge in [0.25, 0.3) is 5.91 Å². The number of likely N-dealkylation sites (tertiary alicyclic amines) is 1. The first-order valence-electron chi connectivity index (χ1n) is 8.46. The highest BCUT2D eigenvalue weighted by Crippen LogP contribution is 2.35. The van der Waals surface area contributed by atoms with Gasteiger partial charge < -0.3 is 15.0 Å². The molecule has 24 heavy (non-hydrogen) atoms. The van der Waals surface area contributed by atoms with Crippen molar-refractivity contribution in [2.24, 2.45) is 5.92 Å². The monoisotopic (exact) mass is 337 g/mol.